The summed E-state index contributed by atoms with van der Waals surface area (Å²) in [6.45, 7) is 0. The van der Waals surface area contributed by atoms with Crippen LogP contribution in [0.3, 0.4) is 0 Å². The van der Waals surface area contributed by atoms with E-state index in [1.807, 2.05) is 0 Å². The van der Waals surface area contributed by atoms with Crippen LogP contribution in [0.5, 0.6) is 0 Å². The molecule has 0 aliphatic carbocycles. The highest BCUT2D eigenvalue weighted by Gasteiger charge is 1.99. The van der Waals surface area contributed by atoms with Gasteiger partial charge in [-0.05, 0) is 10.4 Å². The lowest BCUT2D eigenvalue weighted by Crippen LogP contribution is -1.89. The highest BCUT2D eigenvalue weighted by Crippen LogP contribution is 2.25. The maximum atomic E-state index is 3.68. The fourth-order valence-electron chi connectivity index (χ4n) is 0.356. The SMILES string of the molecule is n1nnc2ssc2n1. The first kappa shape index (κ1) is 4.28. The number of aromatic nitrogens is 4. The molecule has 2 aromatic heterocycles. The van der Waals surface area contributed by atoms with Crippen molar-refractivity contribution in [2.75, 3.05) is 0 Å². The van der Waals surface area contributed by atoms with E-state index in [4.69, 9.17) is 0 Å². The molecule has 0 N–H and O–H groups in total. The van der Waals surface area contributed by atoms with E-state index in [0.717, 1.165) is 9.66 Å². The number of hydrogen-bond donors (Lipinski definition) is 0. The van der Waals surface area contributed by atoms with Crippen LogP contribution in [-0.4, -0.2) is 20.6 Å². The van der Waals surface area contributed by atoms with Crippen LogP contribution in [0.2, 0.25) is 0 Å². The maximum absolute atomic E-state index is 3.68. The standard InChI is InChI=1S/C2N4S2/c3-1-2(8-7-1)4-6-5-3. The summed E-state index contributed by atoms with van der Waals surface area (Å²) in [4.78, 5) is 1.79. The number of hydrogen-bond acceptors (Lipinski definition) is 6. The second-order valence-electron chi connectivity index (χ2n) is 1.16. The Balaban J connectivity index is 2.88. The van der Waals surface area contributed by atoms with Gasteiger partial charge in [-0.15, -0.1) is 10.2 Å². The van der Waals surface area contributed by atoms with E-state index in [1.165, 1.54) is 0 Å². The molecule has 0 fully saturated rings. The second-order valence-corrected chi connectivity index (χ2v) is 3.26. The Morgan fingerprint density at radius 2 is 1.38 bits per heavy atom. The summed E-state index contributed by atoms with van der Waals surface area (Å²) in [5, 5.41) is 14.1. The molecule has 0 amide bonds. The van der Waals surface area contributed by atoms with Crippen LogP contribution in [0, 0.1) is 0 Å². The third-order valence-electron chi connectivity index (χ3n) is 0.694. The van der Waals surface area contributed by atoms with Crippen molar-refractivity contribution in [1.82, 2.24) is 20.6 Å². The molecule has 0 aromatic carbocycles. The van der Waals surface area contributed by atoms with Gasteiger partial charge in [0.2, 0.25) is 0 Å². The van der Waals surface area contributed by atoms with Gasteiger partial charge >= 0.3 is 0 Å². The van der Waals surface area contributed by atoms with E-state index < -0.39 is 0 Å². The fraction of sp³-hybridized carbons (Fsp3) is 0. The van der Waals surface area contributed by atoms with Crippen molar-refractivity contribution in [2.24, 2.45) is 0 Å². The normalized spacial score (nSPS) is 10.5. The van der Waals surface area contributed by atoms with Crippen molar-refractivity contribution in [1.29, 1.82) is 0 Å². The van der Waals surface area contributed by atoms with Crippen LogP contribution in [0.25, 0.3) is 9.66 Å². The molecule has 0 unspecified atom stereocenters. The molecule has 40 valence electrons. The van der Waals surface area contributed by atoms with E-state index in [2.05, 4.69) is 20.6 Å². The largest absolute Gasteiger partial charge is 0.189 e. The molecule has 0 aliphatic rings. The van der Waals surface area contributed by atoms with E-state index in [9.17, 15) is 0 Å². The zero-order valence-corrected chi connectivity index (χ0v) is 5.24. The quantitative estimate of drug-likeness (QED) is 0.506. The second kappa shape index (κ2) is 1.43. The number of rotatable bonds is 0. The molecule has 2 rings (SSSR count). The molecule has 6 heteroatoms. The van der Waals surface area contributed by atoms with Crippen LogP contribution in [0.4, 0.5) is 0 Å². The lowest BCUT2D eigenvalue weighted by atomic mass is 10.9. The molecule has 0 radical (unpaired) electrons. The van der Waals surface area contributed by atoms with Crippen molar-refractivity contribution in [3.8, 4) is 0 Å². The lowest BCUT2D eigenvalue weighted by Gasteiger charge is -1.88. The van der Waals surface area contributed by atoms with Gasteiger partial charge in [0.1, 0.15) is 0 Å². The average molecular weight is 144 g/mol. The van der Waals surface area contributed by atoms with Gasteiger partial charge in [-0.3, -0.25) is 0 Å². The predicted octanol–water partition coefficient (Wildman–Crippen LogP) is 0.543. The molecule has 0 bridgehead atoms. The lowest BCUT2D eigenvalue weighted by molar-refractivity contribution is 0.803. The molecule has 8 heavy (non-hydrogen) atoms. The fourth-order valence-corrected chi connectivity index (χ4v) is 1.71. The van der Waals surface area contributed by atoms with E-state index in [-0.39, 0.29) is 0 Å². The Bertz CT molecular complexity index is 254. The molecule has 0 spiro atoms. The summed E-state index contributed by atoms with van der Waals surface area (Å²) in [7, 11) is 3.14. The van der Waals surface area contributed by atoms with Gasteiger partial charge in [0.05, 0.1) is 0 Å². The molecule has 0 saturated carbocycles. The Kier molecular flexibility index (Phi) is 0.762. The third kappa shape index (κ3) is 0.436. The predicted molar refractivity (Wildman–Crippen MR) is 30.9 cm³/mol. The Hall–Kier alpha value is -0.620. The minimum atomic E-state index is 0.894. The van der Waals surface area contributed by atoms with E-state index >= 15 is 0 Å². The van der Waals surface area contributed by atoms with Crippen LogP contribution in [0.1, 0.15) is 0 Å². The van der Waals surface area contributed by atoms with Gasteiger partial charge in [0.15, 0.2) is 9.66 Å². The van der Waals surface area contributed by atoms with Crippen LogP contribution in [-0.2, 0) is 0 Å². The first-order valence-corrected chi connectivity index (χ1v) is 4.02. The van der Waals surface area contributed by atoms with Crippen molar-refractivity contribution in [3.05, 3.63) is 0 Å². The zero-order valence-electron chi connectivity index (χ0n) is 3.61. The minimum absolute atomic E-state index is 0.894. The van der Waals surface area contributed by atoms with E-state index in [1.54, 1.807) is 20.7 Å². The Labute approximate surface area is 51.6 Å². The third-order valence-corrected chi connectivity index (χ3v) is 2.97. The van der Waals surface area contributed by atoms with Crippen LogP contribution >= 0.6 is 20.7 Å². The maximum Gasteiger partial charge on any atom is 0.189 e. The molecule has 0 atom stereocenters. The monoisotopic (exact) mass is 144 g/mol. The van der Waals surface area contributed by atoms with Gasteiger partial charge in [-0.25, -0.2) is 0 Å². The molecular formula is C2N4S2. The zero-order chi connectivity index (χ0) is 5.40. The Morgan fingerprint density at radius 1 is 0.875 bits per heavy atom. The summed E-state index contributed by atoms with van der Waals surface area (Å²) in [5.74, 6) is 0. The molecule has 2 heterocycles. The van der Waals surface area contributed by atoms with Gasteiger partial charge in [0.25, 0.3) is 0 Å². The molecule has 0 aliphatic heterocycles. The molecular weight excluding hydrogens is 144 g/mol. The summed E-state index contributed by atoms with van der Waals surface area (Å²) >= 11 is 0. The highest BCUT2D eigenvalue weighted by atomic mass is 32.9. The average Bonchev–Trinajstić information content (AvgIpc) is 1.72. The van der Waals surface area contributed by atoms with Gasteiger partial charge < -0.3 is 0 Å². The molecule has 0 saturated heterocycles. The summed E-state index contributed by atoms with van der Waals surface area (Å²) < 4.78 is 0. The highest BCUT2D eigenvalue weighted by molar-refractivity contribution is 7.78. The first-order valence-electron chi connectivity index (χ1n) is 1.87. The van der Waals surface area contributed by atoms with Gasteiger partial charge in [-0.1, -0.05) is 20.7 Å². The van der Waals surface area contributed by atoms with Gasteiger partial charge in [-0.2, -0.15) is 0 Å². The summed E-state index contributed by atoms with van der Waals surface area (Å²) in [5.41, 5.74) is 0. The molecule has 4 nitrogen and oxygen atoms in total. The topological polar surface area (TPSA) is 51.6 Å². The number of nitrogens with zero attached hydrogens (tertiary/aromatic N) is 4. The first-order chi connectivity index (χ1) is 3.97. The van der Waals surface area contributed by atoms with Crippen LogP contribution in [0.15, 0.2) is 0 Å². The van der Waals surface area contributed by atoms with Crippen molar-refractivity contribution >= 4 is 30.3 Å². The Morgan fingerprint density at radius 3 is 1.62 bits per heavy atom. The number of fused-ring (bicyclic) bond motifs is 1. The van der Waals surface area contributed by atoms with Gasteiger partial charge in [0, 0.05) is 0 Å². The van der Waals surface area contributed by atoms with Crippen molar-refractivity contribution < 1.29 is 0 Å². The van der Waals surface area contributed by atoms with E-state index in [0.29, 0.717) is 0 Å². The van der Waals surface area contributed by atoms with Crippen molar-refractivity contribution in [3.63, 3.8) is 0 Å². The smallest absolute Gasteiger partial charge is 0.114 e. The van der Waals surface area contributed by atoms with Crippen LogP contribution < -0.4 is 0 Å². The minimum Gasteiger partial charge on any atom is -0.114 e. The summed E-state index contributed by atoms with van der Waals surface area (Å²) in [6.07, 6.45) is 0. The molecule has 2 aromatic rings. The summed E-state index contributed by atoms with van der Waals surface area (Å²) in [6, 6.07) is 0. The van der Waals surface area contributed by atoms with Crippen molar-refractivity contribution in [2.45, 2.75) is 0 Å².